The number of hydrogen-bond acceptors (Lipinski definition) is 5. The normalized spacial score (nSPS) is 10.3. The zero-order valence-electron chi connectivity index (χ0n) is 14.4. The van der Waals surface area contributed by atoms with Gasteiger partial charge in [-0.3, -0.25) is 0 Å². The van der Waals surface area contributed by atoms with Crippen molar-refractivity contribution < 1.29 is 4.74 Å². The minimum absolute atomic E-state index is 0.424. The molecule has 1 heterocycles. The smallest absolute Gasteiger partial charge is 0.122 e. The van der Waals surface area contributed by atoms with Crippen LogP contribution in [0.3, 0.4) is 0 Å². The molecule has 2 aromatic carbocycles. The molecule has 3 aromatic rings. The maximum atomic E-state index is 9.51. The van der Waals surface area contributed by atoms with Crippen LogP contribution in [0.5, 0.6) is 5.75 Å². The van der Waals surface area contributed by atoms with Gasteiger partial charge in [-0.2, -0.15) is 5.26 Å². The number of ether oxygens (including phenoxy) is 1. The number of aromatic nitrogens is 2. The highest BCUT2D eigenvalue weighted by Crippen LogP contribution is 2.39. The van der Waals surface area contributed by atoms with Crippen LogP contribution in [-0.4, -0.2) is 17.1 Å². The van der Waals surface area contributed by atoms with E-state index in [0.717, 1.165) is 39.3 Å². The number of rotatable bonds is 3. The SMILES string of the molecule is COc1ccc(C)c(-c2cc(-c3ccncn3)cc(C#N)c2N)c1C. The molecule has 1 aromatic heterocycles. The van der Waals surface area contributed by atoms with Gasteiger partial charge in [-0.25, -0.2) is 9.97 Å². The molecular formula is C20H18N4O. The van der Waals surface area contributed by atoms with Crippen molar-refractivity contribution in [3.05, 3.63) is 59.5 Å². The van der Waals surface area contributed by atoms with E-state index in [1.165, 1.54) is 6.33 Å². The zero-order chi connectivity index (χ0) is 18.0. The van der Waals surface area contributed by atoms with Crippen molar-refractivity contribution >= 4 is 5.69 Å². The Kier molecular flexibility index (Phi) is 4.36. The maximum Gasteiger partial charge on any atom is 0.122 e. The van der Waals surface area contributed by atoms with Gasteiger partial charge < -0.3 is 10.5 Å². The van der Waals surface area contributed by atoms with Crippen LogP contribution in [-0.2, 0) is 0 Å². The number of nitrogen functional groups attached to an aromatic ring is 1. The predicted molar refractivity (Wildman–Crippen MR) is 98.1 cm³/mol. The molecule has 0 atom stereocenters. The molecule has 124 valence electrons. The fraction of sp³-hybridized carbons (Fsp3) is 0.150. The third kappa shape index (κ3) is 2.90. The first-order valence-corrected chi connectivity index (χ1v) is 7.81. The number of methoxy groups -OCH3 is 1. The lowest BCUT2D eigenvalue weighted by atomic mass is 9.90. The van der Waals surface area contributed by atoms with Gasteiger partial charge in [-0.1, -0.05) is 6.07 Å². The second kappa shape index (κ2) is 6.62. The van der Waals surface area contributed by atoms with Crippen molar-refractivity contribution in [1.29, 1.82) is 5.26 Å². The molecule has 0 spiro atoms. The highest BCUT2D eigenvalue weighted by molar-refractivity contribution is 5.88. The molecule has 25 heavy (non-hydrogen) atoms. The van der Waals surface area contributed by atoms with Crippen molar-refractivity contribution in [2.75, 3.05) is 12.8 Å². The summed E-state index contributed by atoms with van der Waals surface area (Å²) < 4.78 is 5.45. The molecule has 5 heteroatoms. The van der Waals surface area contributed by atoms with Gasteiger partial charge >= 0.3 is 0 Å². The molecule has 0 unspecified atom stereocenters. The molecule has 0 fully saturated rings. The number of benzene rings is 2. The van der Waals surface area contributed by atoms with Crippen LogP contribution in [0.25, 0.3) is 22.4 Å². The molecule has 0 saturated heterocycles. The first kappa shape index (κ1) is 16.5. The fourth-order valence-electron chi connectivity index (χ4n) is 3.03. The lowest BCUT2D eigenvalue weighted by molar-refractivity contribution is 0.412. The molecule has 0 aliphatic heterocycles. The Bertz CT molecular complexity index is 975. The Morgan fingerprint density at radius 2 is 1.96 bits per heavy atom. The van der Waals surface area contributed by atoms with Crippen LogP contribution in [0.2, 0.25) is 0 Å². The summed E-state index contributed by atoms with van der Waals surface area (Å²) in [5.41, 5.74) is 12.6. The fourth-order valence-corrected chi connectivity index (χ4v) is 3.03. The molecule has 5 nitrogen and oxygen atoms in total. The van der Waals surface area contributed by atoms with Crippen molar-refractivity contribution in [3.8, 4) is 34.2 Å². The average Bonchev–Trinajstić information content (AvgIpc) is 2.64. The highest BCUT2D eigenvalue weighted by Gasteiger charge is 2.17. The summed E-state index contributed by atoms with van der Waals surface area (Å²) in [6.07, 6.45) is 3.16. The topological polar surface area (TPSA) is 84.8 Å². The summed E-state index contributed by atoms with van der Waals surface area (Å²) >= 11 is 0. The summed E-state index contributed by atoms with van der Waals surface area (Å²) in [4.78, 5) is 8.23. The number of anilines is 1. The van der Waals surface area contributed by atoms with E-state index in [-0.39, 0.29) is 0 Å². The third-order valence-electron chi connectivity index (χ3n) is 4.29. The van der Waals surface area contributed by atoms with E-state index in [1.807, 2.05) is 38.1 Å². The minimum Gasteiger partial charge on any atom is -0.496 e. The van der Waals surface area contributed by atoms with Crippen LogP contribution in [0.4, 0.5) is 5.69 Å². The van der Waals surface area contributed by atoms with E-state index in [9.17, 15) is 5.26 Å². The van der Waals surface area contributed by atoms with E-state index in [2.05, 4.69) is 16.0 Å². The van der Waals surface area contributed by atoms with Gasteiger partial charge in [0, 0.05) is 17.3 Å². The Labute approximate surface area is 146 Å². The molecule has 0 bridgehead atoms. The largest absolute Gasteiger partial charge is 0.496 e. The summed E-state index contributed by atoms with van der Waals surface area (Å²) in [6, 6.07) is 11.6. The molecule has 2 N–H and O–H groups in total. The van der Waals surface area contributed by atoms with Gasteiger partial charge in [-0.05, 0) is 54.8 Å². The standard InChI is InChI=1S/C20H18N4O/c1-12-4-5-18(25-3)13(2)19(12)16-9-14(8-15(10-21)20(16)22)17-6-7-23-11-24-17/h4-9,11H,22H2,1-3H3. The average molecular weight is 330 g/mol. The van der Waals surface area contributed by atoms with Gasteiger partial charge in [0.1, 0.15) is 18.1 Å². The molecule has 0 aliphatic rings. The van der Waals surface area contributed by atoms with Crippen molar-refractivity contribution in [3.63, 3.8) is 0 Å². The monoisotopic (exact) mass is 330 g/mol. The Hall–Kier alpha value is -3.39. The molecule has 0 saturated carbocycles. The molecular weight excluding hydrogens is 312 g/mol. The quantitative estimate of drug-likeness (QED) is 0.736. The van der Waals surface area contributed by atoms with E-state index < -0.39 is 0 Å². The lowest BCUT2D eigenvalue weighted by Gasteiger charge is -2.17. The van der Waals surface area contributed by atoms with Gasteiger partial charge in [0.25, 0.3) is 0 Å². The van der Waals surface area contributed by atoms with E-state index in [1.54, 1.807) is 19.4 Å². The van der Waals surface area contributed by atoms with Crippen LogP contribution >= 0.6 is 0 Å². The number of nitrogens with two attached hydrogens (primary N) is 1. The van der Waals surface area contributed by atoms with Gasteiger partial charge in [0.05, 0.1) is 24.1 Å². The maximum absolute atomic E-state index is 9.51. The van der Waals surface area contributed by atoms with Gasteiger partial charge in [0.2, 0.25) is 0 Å². The Morgan fingerprint density at radius 1 is 1.16 bits per heavy atom. The molecule has 0 aliphatic carbocycles. The number of nitriles is 1. The van der Waals surface area contributed by atoms with Gasteiger partial charge in [-0.15, -0.1) is 0 Å². The molecule has 3 rings (SSSR count). The van der Waals surface area contributed by atoms with Crippen LogP contribution in [0.15, 0.2) is 42.9 Å². The highest BCUT2D eigenvalue weighted by atomic mass is 16.5. The summed E-state index contributed by atoms with van der Waals surface area (Å²) in [5, 5.41) is 9.51. The Morgan fingerprint density at radius 3 is 2.60 bits per heavy atom. The van der Waals surface area contributed by atoms with Crippen LogP contribution < -0.4 is 10.5 Å². The number of nitrogens with zero attached hydrogens (tertiary/aromatic N) is 3. The molecule has 0 amide bonds. The summed E-state index contributed by atoms with van der Waals surface area (Å²) in [6.45, 7) is 4.01. The van der Waals surface area contributed by atoms with Crippen molar-refractivity contribution in [1.82, 2.24) is 9.97 Å². The lowest BCUT2D eigenvalue weighted by Crippen LogP contribution is -2.00. The minimum atomic E-state index is 0.424. The number of aryl methyl sites for hydroxylation is 1. The number of hydrogen-bond donors (Lipinski definition) is 1. The first-order valence-electron chi connectivity index (χ1n) is 7.81. The van der Waals surface area contributed by atoms with Crippen LogP contribution in [0.1, 0.15) is 16.7 Å². The second-order valence-corrected chi connectivity index (χ2v) is 5.78. The van der Waals surface area contributed by atoms with E-state index >= 15 is 0 Å². The molecule has 0 radical (unpaired) electrons. The third-order valence-corrected chi connectivity index (χ3v) is 4.29. The zero-order valence-corrected chi connectivity index (χ0v) is 14.4. The summed E-state index contributed by atoms with van der Waals surface area (Å²) in [7, 11) is 1.64. The second-order valence-electron chi connectivity index (χ2n) is 5.78. The van der Waals surface area contributed by atoms with E-state index in [4.69, 9.17) is 10.5 Å². The van der Waals surface area contributed by atoms with Gasteiger partial charge in [0.15, 0.2) is 0 Å². The van der Waals surface area contributed by atoms with Crippen LogP contribution in [0, 0.1) is 25.2 Å². The Balaban J connectivity index is 2.33. The predicted octanol–water partition coefficient (Wildman–Crippen LogP) is 3.89. The first-order chi connectivity index (χ1) is 12.1. The van der Waals surface area contributed by atoms with Crippen molar-refractivity contribution in [2.24, 2.45) is 0 Å². The van der Waals surface area contributed by atoms with Crippen molar-refractivity contribution in [2.45, 2.75) is 13.8 Å². The van der Waals surface area contributed by atoms with E-state index in [0.29, 0.717) is 11.3 Å². The summed E-state index contributed by atoms with van der Waals surface area (Å²) in [5.74, 6) is 0.783.